The van der Waals surface area contributed by atoms with Crippen molar-refractivity contribution in [1.82, 2.24) is 10.3 Å². The Hall–Kier alpha value is -0.810. The van der Waals surface area contributed by atoms with Crippen LogP contribution in [0.15, 0.2) is 24.4 Å². The Balaban J connectivity index is 1.99. The molecule has 0 spiro atoms. The van der Waals surface area contributed by atoms with Gasteiger partial charge in [0.15, 0.2) is 5.13 Å². The average molecular weight is 330 g/mol. The number of aromatic nitrogens is 1. The summed E-state index contributed by atoms with van der Waals surface area (Å²) in [4.78, 5) is 5.17. The van der Waals surface area contributed by atoms with Crippen molar-refractivity contribution in [1.29, 1.82) is 0 Å². The monoisotopic (exact) mass is 329 g/mol. The first-order valence-electron chi connectivity index (χ1n) is 6.25. The molecule has 6 heteroatoms. The molecule has 0 saturated carbocycles. The molecule has 0 aliphatic rings. The molecule has 0 saturated heterocycles. The van der Waals surface area contributed by atoms with Crippen molar-refractivity contribution in [3.8, 4) is 0 Å². The van der Waals surface area contributed by atoms with E-state index in [0.717, 1.165) is 23.4 Å². The topological polar surface area (TPSA) is 50.9 Å². The highest BCUT2D eigenvalue weighted by molar-refractivity contribution is 7.15. The molecule has 0 amide bonds. The lowest BCUT2D eigenvalue weighted by atomic mass is 9.95. The highest BCUT2D eigenvalue weighted by atomic mass is 35.5. The number of benzene rings is 1. The Morgan fingerprint density at radius 3 is 2.70 bits per heavy atom. The van der Waals surface area contributed by atoms with Crippen LogP contribution in [0.1, 0.15) is 24.3 Å². The lowest BCUT2D eigenvalue weighted by Crippen LogP contribution is -2.40. The molecule has 1 aromatic carbocycles. The van der Waals surface area contributed by atoms with E-state index < -0.39 is 0 Å². The van der Waals surface area contributed by atoms with Gasteiger partial charge in [0.05, 0.1) is 0 Å². The maximum atomic E-state index is 6.22. The number of nitrogen functional groups attached to an aromatic ring is 1. The Labute approximate surface area is 133 Å². The molecule has 0 unspecified atom stereocenters. The molecular weight excluding hydrogens is 313 g/mol. The number of thiazole rings is 1. The number of hydrogen-bond acceptors (Lipinski definition) is 4. The van der Waals surface area contributed by atoms with Crippen LogP contribution in [0.25, 0.3) is 0 Å². The Morgan fingerprint density at radius 2 is 2.10 bits per heavy atom. The van der Waals surface area contributed by atoms with Crippen LogP contribution in [-0.2, 0) is 13.0 Å². The van der Waals surface area contributed by atoms with Crippen molar-refractivity contribution in [2.45, 2.75) is 32.4 Å². The Morgan fingerprint density at radius 1 is 1.35 bits per heavy atom. The zero-order valence-electron chi connectivity index (χ0n) is 11.4. The highest BCUT2D eigenvalue weighted by Crippen LogP contribution is 2.25. The van der Waals surface area contributed by atoms with Gasteiger partial charge in [0.2, 0.25) is 0 Å². The summed E-state index contributed by atoms with van der Waals surface area (Å²) in [5.74, 6) is 0. The van der Waals surface area contributed by atoms with Crippen molar-refractivity contribution in [3.05, 3.63) is 44.9 Å². The lowest BCUT2D eigenvalue weighted by molar-refractivity contribution is 0.385. The molecular formula is C14H17Cl2N3S. The molecule has 0 aliphatic heterocycles. The molecule has 2 aromatic rings. The van der Waals surface area contributed by atoms with E-state index in [-0.39, 0.29) is 5.54 Å². The van der Waals surface area contributed by atoms with Gasteiger partial charge in [0, 0.05) is 33.2 Å². The second kappa shape index (κ2) is 6.31. The predicted octanol–water partition coefficient (Wildman–Crippen LogP) is 4.14. The van der Waals surface area contributed by atoms with Crippen LogP contribution in [0, 0.1) is 0 Å². The fourth-order valence-electron chi connectivity index (χ4n) is 1.93. The van der Waals surface area contributed by atoms with Gasteiger partial charge < -0.3 is 11.1 Å². The number of rotatable bonds is 5. The SMILES string of the molecule is CC(C)(Cc1ccc(Cl)cc1Cl)NCc1cnc(N)s1. The van der Waals surface area contributed by atoms with Gasteiger partial charge >= 0.3 is 0 Å². The van der Waals surface area contributed by atoms with Crippen LogP contribution >= 0.6 is 34.5 Å². The van der Waals surface area contributed by atoms with Gasteiger partial charge in [-0.2, -0.15) is 0 Å². The number of hydrogen-bond donors (Lipinski definition) is 2. The smallest absolute Gasteiger partial charge is 0.180 e. The summed E-state index contributed by atoms with van der Waals surface area (Å²) in [5.41, 5.74) is 6.62. The summed E-state index contributed by atoms with van der Waals surface area (Å²) in [6, 6.07) is 5.61. The van der Waals surface area contributed by atoms with E-state index in [1.807, 2.05) is 12.1 Å². The summed E-state index contributed by atoms with van der Waals surface area (Å²) < 4.78 is 0. The van der Waals surface area contributed by atoms with E-state index in [1.165, 1.54) is 11.3 Å². The standard InChI is InChI=1S/C14H17Cl2N3S/c1-14(2,19-8-11-7-18-13(17)20-11)6-9-3-4-10(15)5-12(9)16/h3-5,7,19H,6,8H2,1-2H3,(H2,17,18). The third kappa shape index (κ3) is 4.35. The van der Waals surface area contributed by atoms with Crippen LogP contribution in [0.3, 0.4) is 0 Å². The second-order valence-corrected chi connectivity index (χ2v) is 7.31. The van der Waals surface area contributed by atoms with E-state index in [9.17, 15) is 0 Å². The summed E-state index contributed by atoms with van der Waals surface area (Å²) in [5, 5.41) is 5.46. The molecule has 3 N–H and O–H groups in total. The van der Waals surface area contributed by atoms with Crippen molar-refractivity contribution >= 4 is 39.7 Å². The van der Waals surface area contributed by atoms with Crippen molar-refractivity contribution in [2.24, 2.45) is 0 Å². The van der Waals surface area contributed by atoms with Gasteiger partial charge in [0.1, 0.15) is 0 Å². The Bertz CT molecular complexity index is 596. The minimum atomic E-state index is -0.0871. The van der Waals surface area contributed by atoms with Crippen LogP contribution < -0.4 is 11.1 Å². The molecule has 20 heavy (non-hydrogen) atoms. The van der Waals surface area contributed by atoms with E-state index in [1.54, 1.807) is 12.3 Å². The number of nitrogens with zero attached hydrogens (tertiary/aromatic N) is 1. The van der Waals surface area contributed by atoms with Crippen molar-refractivity contribution in [2.75, 3.05) is 5.73 Å². The third-order valence-electron chi connectivity index (χ3n) is 2.96. The summed E-state index contributed by atoms with van der Waals surface area (Å²) in [7, 11) is 0. The maximum Gasteiger partial charge on any atom is 0.180 e. The molecule has 1 aromatic heterocycles. The Kier molecular flexibility index (Phi) is 4.91. The summed E-state index contributed by atoms with van der Waals surface area (Å²) in [6.45, 7) is 5.03. The van der Waals surface area contributed by atoms with Gasteiger partial charge in [-0.15, -0.1) is 11.3 Å². The molecule has 0 radical (unpaired) electrons. The van der Waals surface area contributed by atoms with Crippen molar-refractivity contribution in [3.63, 3.8) is 0 Å². The molecule has 2 rings (SSSR count). The van der Waals surface area contributed by atoms with E-state index in [0.29, 0.717) is 15.2 Å². The maximum absolute atomic E-state index is 6.22. The first-order valence-corrected chi connectivity index (χ1v) is 7.82. The predicted molar refractivity (Wildman–Crippen MR) is 87.6 cm³/mol. The minimum Gasteiger partial charge on any atom is -0.375 e. The fraction of sp³-hybridized carbons (Fsp3) is 0.357. The molecule has 0 bridgehead atoms. The van der Waals surface area contributed by atoms with Gasteiger partial charge in [-0.3, -0.25) is 0 Å². The van der Waals surface area contributed by atoms with Crippen LogP contribution in [0.2, 0.25) is 10.0 Å². The van der Waals surface area contributed by atoms with Crippen LogP contribution in [0.5, 0.6) is 0 Å². The van der Waals surface area contributed by atoms with Crippen LogP contribution in [0.4, 0.5) is 5.13 Å². The average Bonchev–Trinajstić information content (AvgIpc) is 2.77. The fourth-order valence-corrected chi connectivity index (χ4v) is 3.03. The zero-order chi connectivity index (χ0) is 14.8. The quantitative estimate of drug-likeness (QED) is 0.866. The van der Waals surface area contributed by atoms with Gasteiger partial charge in [-0.05, 0) is 38.0 Å². The number of nitrogens with two attached hydrogens (primary N) is 1. The largest absolute Gasteiger partial charge is 0.375 e. The first kappa shape index (κ1) is 15.6. The molecule has 1 heterocycles. The highest BCUT2D eigenvalue weighted by Gasteiger charge is 2.19. The van der Waals surface area contributed by atoms with Crippen molar-refractivity contribution < 1.29 is 0 Å². The lowest BCUT2D eigenvalue weighted by Gasteiger charge is -2.26. The second-order valence-electron chi connectivity index (χ2n) is 5.31. The minimum absolute atomic E-state index is 0.0871. The molecule has 0 atom stereocenters. The van der Waals surface area contributed by atoms with Crippen LogP contribution in [-0.4, -0.2) is 10.5 Å². The summed E-state index contributed by atoms with van der Waals surface area (Å²) in [6.07, 6.45) is 2.62. The van der Waals surface area contributed by atoms with E-state index in [4.69, 9.17) is 28.9 Å². The molecule has 3 nitrogen and oxygen atoms in total. The number of anilines is 1. The molecule has 0 aliphatic carbocycles. The number of halogens is 2. The normalized spacial score (nSPS) is 11.8. The van der Waals surface area contributed by atoms with E-state index >= 15 is 0 Å². The van der Waals surface area contributed by atoms with Gasteiger partial charge in [-0.25, -0.2) is 4.98 Å². The number of nitrogens with one attached hydrogen (secondary N) is 1. The first-order chi connectivity index (χ1) is 9.35. The molecule has 108 valence electrons. The zero-order valence-corrected chi connectivity index (χ0v) is 13.7. The van der Waals surface area contributed by atoms with E-state index in [2.05, 4.69) is 24.1 Å². The summed E-state index contributed by atoms with van der Waals surface area (Å²) >= 11 is 13.6. The third-order valence-corrected chi connectivity index (χ3v) is 4.37. The van der Waals surface area contributed by atoms with Gasteiger partial charge in [-0.1, -0.05) is 29.3 Å². The van der Waals surface area contributed by atoms with Gasteiger partial charge in [0.25, 0.3) is 0 Å². The molecule has 0 fully saturated rings.